The van der Waals surface area contributed by atoms with E-state index in [0.717, 1.165) is 0 Å². The first-order valence-corrected chi connectivity index (χ1v) is 6.67. The molecule has 3 unspecified atom stereocenters. The van der Waals surface area contributed by atoms with Crippen LogP contribution in [0.15, 0.2) is 4.99 Å². The van der Waals surface area contributed by atoms with Gasteiger partial charge in [0.05, 0.1) is 13.2 Å². The number of nitrogens with one attached hydrogen (secondary N) is 1. The van der Waals surface area contributed by atoms with Crippen molar-refractivity contribution >= 4 is 12.3 Å². The zero-order valence-electron chi connectivity index (χ0n) is 11.6. The Morgan fingerprint density at radius 2 is 2.14 bits per heavy atom. The van der Waals surface area contributed by atoms with Gasteiger partial charge in [0.1, 0.15) is 23.9 Å². The number of alkyl carbamates (subject to hydrolysis) is 1. The topological polar surface area (TPSA) is 141 Å². The van der Waals surface area contributed by atoms with Crippen molar-refractivity contribution in [2.75, 3.05) is 13.2 Å². The van der Waals surface area contributed by atoms with E-state index in [-0.39, 0.29) is 6.54 Å². The molecule has 0 spiro atoms. The molecular weight excluding hydrogens is 296 g/mol. The van der Waals surface area contributed by atoms with Gasteiger partial charge in [-0.15, -0.1) is 12.3 Å². The zero-order valence-corrected chi connectivity index (χ0v) is 11.6. The first kappa shape index (κ1) is 16.7. The highest BCUT2D eigenvalue weighted by atomic mass is 16.7. The minimum atomic E-state index is -1.67. The third-order valence-electron chi connectivity index (χ3n) is 3.53. The van der Waals surface area contributed by atoms with Crippen LogP contribution < -0.4 is 5.32 Å². The van der Waals surface area contributed by atoms with Crippen LogP contribution in [0.25, 0.3) is 0 Å². The largest absolute Gasteiger partial charge is 0.438 e. The van der Waals surface area contributed by atoms with Gasteiger partial charge in [-0.05, 0) is 0 Å². The summed E-state index contributed by atoms with van der Waals surface area (Å²) in [5.74, 6) is 2.43. The minimum absolute atomic E-state index is 0.123. The standard InChI is InChI=1S/C13H18N2O7/c1-2-3-13(6-15-13)5-14-12(20)22-10-9(18)8(17)7(4-16)21-11(10)19/h1,6-11,16-19H,3-5H2,(H,14,20)/t7?,8-,9+,10?,11-,13?/m1/s1. The lowest BCUT2D eigenvalue weighted by Crippen LogP contribution is -2.60. The summed E-state index contributed by atoms with van der Waals surface area (Å²) < 4.78 is 9.72. The Balaban J connectivity index is 1.84. The van der Waals surface area contributed by atoms with Gasteiger partial charge in [-0.3, -0.25) is 4.99 Å². The molecule has 0 aromatic carbocycles. The molecule has 1 saturated heterocycles. The molecule has 0 aromatic heterocycles. The molecule has 5 N–H and O–H groups in total. The first-order chi connectivity index (χ1) is 10.4. The van der Waals surface area contributed by atoms with Crippen LogP contribution in [0, 0.1) is 12.3 Å². The quantitative estimate of drug-likeness (QED) is 0.349. The Labute approximate surface area is 126 Å². The van der Waals surface area contributed by atoms with Crippen molar-refractivity contribution < 1.29 is 34.7 Å². The van der Waals surface area contributed by atoms with Crippen LogP contribution >= 0.6 is 0 Å². The number of carbonyl (C=O) groups is 1. The lowest BCUT2D eigenvalue weighted by Gasteiger charge is -2.39. The maximum Gasteiger partial charge on any atom is 0.407 e. The van der Waals surface area contributed by atoms with Gasteiger partial charge >= 0.3 is 6.09 Å². The van der Waals surface area contributed by atoms with Crippen LogP contribution in [-0.2, 0) is 9.47 Å². The molecule has 22 heavy (non-hydrogen) atoms. The number of aliphatic hydroxyl groups excluding tert-OH is 4. The van der Waals surface area contributed by atoms with Crippen molar-refractivity contribution in [1.29, 1.82) is 0 Å². The smallest absolute Gasteiger partial charge is 0.407 e. The maximum absolute atomic E-state index is 11.7. The van der Waals surface area contributed by atoms with Gasteiger partial charge < -0.3 is 35.2 Å². The predicted molar refractivity (Wildman–Crippen MR) is 72.9 cm³/mol. The zero-order chi connectivity index (χ0) is 16.3. The third-order valence-corrected chi connectivity index (χ3v) is 3.53. The van der Waals surface area contributed by atoms with Crippen LogP contribution in [0.4, 0.5) is 4.79 Å². The molecule has 1 fully saturated rings. The number of carbonyl (C=O) groups excluding carboxylic acids is 1. The van der Waals surface area contributed by atoms with Crippen molar-refractivity contribution in [3.05, 3.63) is 0 Å². The van der Waals surface area contributed by atoms with E-state index in [4.69, 9.17) is 21.0 Å². The number of hydrogen-bond donors (Lipinski definition) is 5. The number of rotatable bonds is 5. The molecule has 9 nitrogen and oxygen atoms in total. The summed E-state index contributed by atoms with van der Waals surface area (Å²) in [5, 5.41) is 40.5. The third kappa shape index (κ3) is 3.55. The second-order valence-corrected chi connectivity index (χ2v) is 5.20. The molecule has 2 heterocycles. The second kappa shape index (κ2) is 6.60. The Kier molecular flexibility index (Phi) is 5.00. The van der Waals surface area contributed by atoms with E-state index in [0.29, 0.717) is 6.42 Å². The summed E-state index contributed by atoms with van der Waals surface area (Å²) in [6.07, 6.45) is -1.20. The highest BCUT2D eigenvalue weighted by Gasteiger charge is 2.46. The lowest BCUT2D eigenvalue weighted by molar-refractivity contribution is -0.285. The number of amides is 1. The summed E-state index contributed by atoms with van der Waals surface area (Å²) in [4.78, 5) is 15.7. The van der Waals surface area contributed by atoms with Crippen LogP contribution in [0.5, 0.6) is 0 Å². The van der Waals surface area contributed by atoms with Crippen molar-refractivity contribution in [2.45, 2.75) is 42.7 Å². The molecule has 0 bridgehead atoms. The molecule has 0 aromatic rings. The molecule has 0 radical (unpaired) electrons. The summed E-state index contributed by atoms with van der Waals surface area (Å²) in [6.45, 7) is -0.474. The number of terminal acetylenes is 1. The van der Waals surface area contributed by atoms with Crippen molar-refractivity contribution in [3.63, 3.8) is 0 Å². The Morgan fingerprint density at radius 3 is 2.68 bits per heavy atom. The normalized spacial score (nSPS) is 39.9. The fourth-order valence-electron chi connectivity index (χ4n) is 2.10. The summed E-state index contributed by atoms with van der Waals surface area (Å²) >= 11 is 0. The number of ether oxygens (including phenoxy) is 2. The van der Waals surface area contributed by atoms with Gasteiger partial charge in [-0.25, -0.2) is 4.79 Å². The van der Waals surface area contributed by atoms with Crippen molar-refractivity contribution in [2.24, 2.45) is 4.99 Å². The summed E-state index contributed by atoms with van der Waals surface area (Å²) in [6, 6.07) is 0. The molecule has 2 aliphatic heterocycles. The average molecular weight is 314 g/mol. The van der Waals surface area contributed by atoms with E-state index in [1.165, 1.54) is 0 Å². The monoisotopic (exact) mass is 314 g/mol. The highest BCUT2D eigenvalue weighted by Crippen LogP contribution is 2.24. The molecule has 122 valence electrons. The van der Waals surface area contributed by atoms with Crippen LogP contribution in [0.3, 0.4) is 0 Å². The lowest BCUT2D eigenvalue weighted by atomic mass is 9.99. The molecule has 9 heteroatoms. The molecule has 0 aliphatic carbocycles. The van der Waals surface area contributed by atoms with Crippen molar-refractivity contribution in [1.82, 2.24) is 5.32 Å². The average Bonchev–Trinajstić information content (AvgIpc) is 3.26. The molecule has 2 rings (SSSR count). The van der Waals surface area contributed by atoms with Gasteiger partial charge in [0.2, 0.25) is 0 Å². The fourth-order valence-corrected chi connectivity index (χ4v) is 2.10. The Morgan fingerprint density at radius 1 is 1.45 bits per heavy atom. The number of hydrogen-bond acceptors (Lipinski definition) is 8. The van der Waals surface area contributed by atoms with Gasteiger partial charge in [-0.1, -0.05) is 0 Å². The minimum Gasteiger partial charge on any atom is -0.438 e. The van der Waals surface area contributed by atoms with Crippen molar-refractivity contribution in [3.8, 4) is 12.3 Å². The first-order valence-electron chi connectivity index (χ1n) is 6.67. The summed E-state index contributed by atoms with van der Waals surface area (Å²) in [7, 11) is 0. The van der Waals surface area contributed by atoms with Crippen LogP contribution in [-0.4, -0.2) is 82.1 Å². The van der Waals surface area contributed by atoms with Gasteiger partial charge in [0, 0.05) is 12.6 Å². The Hall–Kier alpha value is -1.70. The maximum atomic E-state index is 11.7. The highest BCUT2D eigenvalue weighted by molar-refractivity contribution is 5.86. The van der Waals surface area contributed by atoms with E-state index in [1.54, 1.807) is 6.21 Å². The van der Waals surface area contributed by atoms with E-state index in [9.17, 15) is 20.1 Å². The number of aliphatic imine (C=N–C) groups is 1. The van der Waals surface area contributed by atoms with E-state index < -0.39 is 48.9 Å². The molecule has 1 amide bonds. The van der Waals surface area contributed by atoms with Crippen LogP contribution in [0.2, 0.25) is 0 Å². The van der Waals surface area contributed by atoms with Crippen LogP contribution in [0.1, 0.15) is 6.42 Å². The SMILES string of the molecule is C#CCC1(CNC(=O)OC2[C@H](O)OC(CO)[C@@H](O)[C@@H]2O)C=N1. The van der Waals surface area contributed by atoms with Gasteiger partial charge in [0.25, 0.3) is 0 Å². The van der Waals surface area contributed by atoms with E-state index >= 15 is 0 Å². The van der Waals surface area contributed by atoms with Gasteiger partial charge in [0.15, 0.2) is 12.4 Å². The fraction of sp³-hybridized carbons (Fsp3) is 0.692. The van der Waals surface area contributed by atoms with E-state index in [2.05, 4.69) is 16.2 Å². The number of nitrogens with zero attached hydrogens (tertiary/aromatic N) is 1. The molecule has 0 saturated carbocycles. The molecule has 2 aliphatic rings. The molecule has 6 atom stereocenters. The predicted octanol–water partition coefficient (Wildman–Crippen LogP) is -2.64. The van der Waals surface area contributed by atoms with Gasteiger partial charge in [-0.2, -0.15) is 0 Å². The Bertz CT molecular complexity index is 483. The van der Waals surface area contributed by atoms with E-state index in [1.807, 2.05) is 0 Å². The molecular formula is C13H18N2O7. The second-order valence-electron chi connectivity index (χ2n) is 5.20. The number of aliphatic hydroxyl groups is 4. The summed E-state index contributed by atoms with van der Waals surface area (Å²) in [5.41, 5.74) is -0.588.